The number of urea groups is 1. The molecular weight excluding hydrogens is 523 g/mol. The van der Waals surface area contributed by atoms with Gasteiger partial charge in [-0.3, -0.25) is 24.9 Å². The lowest BCUT2D eigenvalue weighted by atomic mass is 9.66. The zero-order valence-electron chi connectivity index (χ0n) is 21.6. The van der Waals surface area contributed by atoms with Gasteiger partial charge in [-0.15, -0.1) is 0 Å². The lowest BCUT2D eigenvalue weighted by Gasteiger charge is -2.50. The summed E-state index contributed by atoms with van der Waals surface area (Å²) < 4.78 is 17.9. The number of carbonyl (C=O) groups excluding carboxylic acids is 2. The number of fused-ring (bicyclic) bond motifs is 2. The Morgan fingerprint density at radius 2 is 1.97 bits per heavy atom. The molecule has 0 spiro atoms. The molecule has 0 radical (unpaired) electrons. The smallest absolute Gasteiger partial charge is 0.328 e. The Morgan fingerprint density at radius 3 is 2.74 bits per heavy atom. The maximum absolute atomic E-state index is 16.2. The highest BCUT2D eigenvalue weighted by Gasteiger charge is 2.50. The van der Waals surface area contributed by atoms with Gasteiger partial charge in [-0.2, -0.15) is 5.10 Å². The van der Waals surface area contributed by atoms with E-state index < -0.39 is 22.9 Å². The van der Waals surface area contributed by atoms with E-state index >= 15 is 4.39 Å². The number of hydrogen-bond acceptors (Lipinski definition) is 6. The first-order valence-corrected chi connectivity index (χ1v) is 13.2. The molecule has 2 N–H and O–H groups in total. The molecule has 9 nitrogen and oxygen atoms in total. The second-order valence-electron chi connectivity index (χ2n) is 11.0. The third-order valence-corrected chi connectivity index (χ3v) is 8.32. The van der Waals surface area contributed by atoms with Crippen molar-refractivity contribution in [3.05, 3.63) is 70.9 Å². The lowest BCUT2D eigenvalue weighted by Crippen LogP contribution is -2.55. The van der Waals surface area contributed by atoms with Crippen LogP contribution in [-0.4, -0.2) is 56.2 Å². The number of anilines is 1. The van der Waals surface area contributed by atoms with Crippen LogP contribution in [0.25, 0.3) is 16.4 Å². The van der Waals surface area contributed by atoms with Crippen molar-refractivity contribution in [2.75, 3.05) is 24.5 Å². The minimum absolute atomic E-state index is 0.152. The molecule has 11 heteroatoms. The first-order chi connectivity index (χ1) is 18.6. The van der Waals surface area contributed by atoms with E-state index in [1.54, 1.807) is 28.8 Å². The largest absolute Gasteiger partial charge is 0.384 e. The topological polar surface area (TPSA) is 103 Å². The van der Waals surface area contributed by atoms with Crippen LogP contribution in [0.5, 0.6) is 0 Å². The van der Waals surface area contributed by atoms with E-state index in [2.05, 4.69) is 20.3 Å². The Morgan fingerprint density at radius 1 is 1.15 bits per heavy atom. The summed E-state index contributed by atoms with van der Waals surface area (Å²) in [6, 6.07) is 7.96. The van der Waals surface area contributed by atoms with Gasteiger partial charge in [0.1, 0.15) is 5.82 Å². The standard InChI is InChI=1S/C28H28ClFN6O3/c1-27(2)16-34(15-17-13-32-36-9-5-18(29)11-23(17)36)10-7-28(27,39)21-3-4-22-20(25(21)30)12-19(14-31-22)35-8-6-24(37)33-26(35)38/h3-5,9,11-14,39H,6-8,10,15-16H2,1-2H3,(H,33,37,38)/t28-/m0/s1. The van der Waals surface area contributed by atoms with Crippen LogP contribution in [0.1, 0.15) is 37.8 Å². The number of imide groups is 1. The van der Waals surface area contributed by atoms with Gasteiger partial charge in [0.2, 0.25) is 5.91 Å². The molecule has 1 atom stereocenters. The van der Waals surface area contributed by atoms with Crippen molar-refractivity contribution in [3.63, 3.8) is 0 Å². The highest BCUT2D eigenvalue weighted by molar-refractivity contribution is 6.30. The van der Waals surface area contributed by atoms with E-state index in [1.807, 2.05) is 32.3 Å². The molecule has 0 unspecified atom stereocenters. The normalized spacial score (nSPS) is 22.0. The van der Waals surface area contributed by atoms with Gasteiger partial charge >= 0.3 is 6.03 Å². The highest BCUT2D eigenvalue weighted by atomic mass is 35.5. The van der Waals surface area contributed by atoms with Gasteiger partial charge in [0.05, 0.1) is 34.7 Å². The first-order valence-electron chi connectivity index (χ1n) is 12.8. The number of aliphatic hydroxyl groups is 1. The van der Waals surface area contributed by atoms with Gasteiger partial charge in [0.25, 0.3) is 0 Å². The number of amides is 3. The van der Waals surface area contributed by atoms with E-state index in [4.69, 9.17) is 11.6 Å². The summed E-state index contributed by atoms with van der Waals surface area (Å²) in [5, 5.41) is 19.5. The van der Waals surface area contributed by atoms with Crippen molar-refractivity contribution in [1.29, 1.82) is 0 Å². The van der Waals surface area contributed by atoms with Crippen LogP contribution in [0.3, 0.4) is 0 Å². The molecule has 2 saturated heterocycles. The average Bonchev–Trinajstić information content (AvgIpc) is 3.28. The minimum atomic E-state index is -1.43. The van der Waals surface area contributed by atoms with Crippen LogP contribution in [0.15, 0.2) is 48.9 Å². The van der Waals surface area contributed by atoms with Gasteiger partial charge in [-0.05, 0) is 30.7 Å². The maximum Gasteiger partial charge on any atom is 0.328 e. The predicted octanol–water partition coefficient (Wildman–Crippen LogP) is 4.24. The van der Waals surface area contributed by atoms with Crippen LogP contribution < -0.4 is 10.2 Å². The molecule has 2 fully saturated rings. The lowest BCUT2D eigenvalue weighted by molar-refractivity contribution is -0.128. The predicted molar refractivity (Wildman–Crippen MR) is 145 cm³/mol. The summed E-state index contributed by atoms with van der Waals surface area (Å²) in [5.74, 6) is -0.906. The summed E-state index contributed by atoms with van der Waals surface area (Å²) in [6.45, 7) is 5.77. The molecule has 0 bridgehead atoms. The van der Waals surface area contributed by atoms with Crippen LogP contribution in [-0.2, 0) is 16.9 Å². The average molecular weight is 551 g/mol. The number of likely N-dealkylation sites (tertiary alicyclic amines) is 1. The van der Waals surface area contributed by atoms with Gasteiger partial charge in [-0.25, -0.2) is 13.7 Å². The molecule has 4 aromatic rings. The van der Waals surface area contributed by atoms with Crippen molar-refractivity contribution in [2.45, 2.75) is 38.8 Å². The van der Waals surface area contributed by atoms with E-state index in [0.29, 0.717) is 42.3 Å². The zero-order valence-corrected chi connectivity index (χ0v) is 22.4. The fourth-order valence-corrected chi connectivity index (χ4v) is 6.02. The van der Waals surface area contributed by atoms with Crippen molar-refractivity contribution in [1.82, 2.24) is 24.8 Å². The number of carbonyl (C=O) groups is 2. The Labute approximate surface area is 229 Å². The molecule has 2 aliphatic heterocycles. The van der Waals surface area contributed by atoms with Gasteiger partial charge < -0.3 is 5.11 Å². The number of hydrogen-bond donors (Lipinski definition) is 2. The van der Waals surface area contributed by atoms with Crippen molar-refractivity contribution < 1.29 is 19.1 Å². The van der Waals surface area contributed by atoms with Gasteiger partial charge in [0, 0.05) is 65.7 Å². The third-order valence-electron chi connectivity index (χ3n) is 8.08. The summed E-state index contributed by atoms with van der Waals surface area (Å²) in [5.41, 5.74) is 0.835. The Hall–Kier alpha value is -3.60. The number of pyridine rings is 2. The van der Waals surface area contributed by atoms with E-state index in [0.717, 1.165) is 11.1 Å². The van der Waals surface area contributed by atoms with Crippen LogP contribution in [0, 0.1) is 11.2 Å². The number of rotatable bonds is 4. The molecule has 2 aliphatic rings. The second kappa shape index (κ2) is 9.25. The number of nitrogens with zero attached hydrogens (tertiary/aromatic N) is 5. The van der Waals surface area contributed by atoms with E-state index in [1.165, 1.54) is 11.1 Å². The van der Waals surface area contributed by atoms with Crippen LogP contribution in [0.2, 0.25) is 5.02 Å². The minimum Gasteiger partial charge on any atom is -0.384 e. The summed E-state index contributed by atoms with van der Waals surface area (Å²) in [7, 11) is 0. The molecule has 202 valence electrons. The third kappa shape index (κ3) is 4.32. The molecule has 1 aromatic carbocycles. The quantitative estimate of drug-likeness (QED) is 0.394. The molecule has 0 aliphatic carbocycles. The van der Waals surface area contributed by atoms with Gasteiger partial charge in [-0.1, -0.05) is 31.5 Å². The molecule has 3 amide bonds. The number of halogens is 2. The van der Waals surface area contributed by atoms with E-state index in [-0.39, 0.29) is 29.8 Å². The van der Waals surface area contributed by atoms with Gasteiger partial charge in [0.15, 0.2) is 0 Å². The molecular formula is C28H28ClFN6O3. The number of piperidine rings is 1. The maximum atomic E-state index is 16.2. The Kier molecular flexibility index (Phi) is 6.09. The van der Waals surface area contributed by atoms with Crippen molar-refractivity contribution in [3.8, 4) is 0 Å². The molecule has 5 heterocycles. The summed E-state index contributed by atoms with van der Waals surface area (Å²) >= 11 is 6.20. The summed E-state index contributed by atoms with van der Waals surface area (Å²) in [6.07, 6.45) is 5.61. The highest BCUT2D eigenvalue weighted by Crippen LogP contribution is 2.48. The first kappa shape index (κ1) is 25.7. The molecule has 6 rings (SSSR count). The van der Waals surface area contributed by atoms with Crippen LogP contribution >= 0.6 is 11.6 Å². The monoisotopic (exact) mass is 550 g/mol. The summed E-state index contributed by atoms with van der Waals surface area (Å²) in [4.78, 5) is 31.8. The Balaban J connectivity index is 1.29. The second-order valence-corrected chi connectivity index (χ2v) is 11.4. The van der Waals surface area contributed by atoms with Crippen LogP contribution in [0.4, 0.5) is 14.9 Å². The number of nitrogens with one attached hydrogen (secondary N) is 1. The molecule has 0 saturated carbocycles. The van der Waals surface area contributed by atoms with Crippen molar-refractivity contribution in [2.24, 2.45) is 5.41 Å². The number of aromatic nitrogens is 3. The van der Waals surface area contributed by atoms with Crippen molar-refractivity contribution >= 4 is 45.6 Å². The fourth-order valence-electron chi connectivity index (χ4n) is 5.86. The number of benzene rings is 1. The Bertz CT molecular complexity index is 1640. The SMILES string of the molecule is CC1(C)CN(Cc2cnn3ccc(Cl)cc23)CC[C@]1(O)c1ccc2ncc(N3CCC(=O)NC3=O)cc2c1F. The molecule has 39 heavy (non-hydrogen) atoms. The molecule has 3 aromatic heterocycles. The fraction of sp³-hybridized carbons (Fsp3) is 0.357. The van der Waals surface area contributed by atoms with E-state index in [9.17, 15) is 14.7 Å². The zero-order chi connectivity index (χ0) is 27.5.